The summed E-state index contributed by atoms with van der Waals surface area (Å²) in [5.41, 5.74) is 4.78. The first-order valence-corrected chi connectivity index (χ1v) is 12.5. The van der Waals surface area contributed by atoms with Gasteiger partial charge in [0.2, 0.25) is 0 Å². The highest BCUT2D eigenvalue weighted by Gasteiger charge is 2.19. The molecule has 0 aliphatic rings. The van der Waals surface area contributed by atoms with E-state index in [0.29, 0.717) is 28.2 Å². The first-order chi connectivity index (χ1) is 21.0. The zero-order valence-electron chi connectivity index (χ0n) is 21.8. The molecule has 15 heteroatoms. The molecule has 0 spiro atoms. The number of hydrogen-bond donors (Lipinski definition) is 4. The fourth-order valence-electron chi connectivity index (χ4n) is 4.34. The van der Waals surface area contributed by atoms with Crippen LogP contribution in [-0.4, -0.2) is 46.0 Å². The number of aliphatic imine (C=N–C) groups is 1. The number of hydrogen-bond acceptors (Lipinski definition) is 7. The van der Waals surface area contributed by atoms with Gasteiger partial charge in [-0.05, 0) is 59.0 Å². The Balaban J connectivity index is 0.000000153. The molecule has 43 heavy (non-hydrogen) atoms. The summed E-state index contributed by atoms with van der Waals surface area (Å²) in [5, 5.41) is 12.8. The number of halogens is 4. The second kappa shape index (κ2) is 11.5. The molecule has 0 saturated carbocycles. The van der Waals surface area contributed by atoms with Gasteiger partial charge in [0, 0.05) is 46.7 Å². The molecule has 0 bridgehead atoms. The number of nitrogens with two attached hydrogens (primary N) is 1. The highest BCUT2D eigenvalue weighted by molar-refractivity contribution is 6.09. The normalized spacial score (nSPS) is 11.5. The summed E-state index contributed by atoms with van der Waals surface area (Å²) in [7, 11) is 0. The van der Waals surface area contributed by atoms with Crippen LogP contribution in [0.25, 0.3) is 39.1 Å². The van der Waals surface area contributed by atoms with Gasteiger partial charge in [-0.25, -0.2) is 38.4 Å². The molecule has 0 atom stereocenters. The molecular weight excluding hydrogens is 566 g/mol. The fourth-order valence-corrected chi connectivity index (χ4v) is 4.34. The van der Waals surface area contributed by atoms with Crippen LogP contribution in [0.5, 0.6) is 0 Å². The molecular formula is C28H19F4N11. The van der Waals surface area contributed by atoms with Crippen LogP contribution < -0.4 is 11.3 Å². The van der Waals surface area contributed by atoms with Gasteiger partial charge in [0.05, 0.1) is 0 Å². The van der Waals surface area contributed by atoms with Gasteiger partial charge in [0.1, 0.15) is 28.5 Å². The van der Waals surface area contributed by atoms with E-state index in [1.165, 1.54) is 24.3 Å². The van der Waals surface area contributed by atoms with Crippen LogP contribution in [0, 0.1) is 23.3 Å². The fraction of sp³-hybridized carbons (Fsp3) is 0. The lowest BCUT2D eigenvalue weighted by atomic mass is 10.2. The van der Waals surface area contributed by atoms with Crippen LogP contribution in [0.4, 0.5) is 23.2 Å². The SMILES string of the molecule is Fc1cccc(-n2nnnc2-c2c[nH]c3ncccc23)c1F.NNC(=Nc1cccc(F)c1F)c1c[nH]c2ncccc12. The zero-order valence-corrected chi connectivity index (χ0v) is 21.8. The van der Waals surface area contributed by atoms with Crippen molar-refractivity contribution in [3.05, 3.63) is 114 Å². The predicted octanol–water partition coefficient (Wildman–Crippen LogP) is 4.87. The molecule has 0 aliphatic carbocycles. The Kier molecular flexibility index (Phi) is 7.28. The Morgan fingerprint density at radius 3 is 2.23 bits per heavy atom. The van der Waals surface area contributed by atoms with Crippen molar-refractivity contribution in [2.45, 2.75) is 0 Å². The molecule has 7 aromatic rings. The van der Waals surface area contributed by atoms with Crippen LogP contribution in [0.1, 0.15) is 5.56 Å². The van der Waals surface area contributed by atoms with Crippen LogP contribution >= 0.6 is 0 Å². The number of rotatable bonds is 4. The zero-order chi connectivity index (χ0) is 29.9. The number of nitrogens with zero attached hydrogens (tertiary/aromatic N) is 7. The first kappa shape index (κ1) is 27.2. The van der Waals surface area contributed by atoms with Crippen LogP contribution in [0.3, 0.4) is 0 Å². The predicted molar refractivity (Wildman–Crippen MR) is 150 cm³/mol. The third-order valence-electron chi connectivity index (χ3n) is 6.33. The van der Waals surface area contributed by atoms with E-state index < -0.39 is 23.3 Å². The van der Waals surface area contributed by atoms with Gasteiger partial charge in [-0.1, -0.05) is 12.1 Å². The number of nitrogens with one attached hydrogen (secondary N) is 3. The number of tetrazole rings is 1. The largest absolute Gasteiger partial charge is 0.345 e. The van der Waals surface area contributed by atoms with Crippen molar-refractivity contribution < 1.29 is 17.6 Å². The molecule has 214 valence electrons. The highest BCUT2D eigenvalue weighted by atomic mass is 19.2. The molecule has 5 heterocycles. The number of benzene rings is 2. The lowest BCUT2D eigenvalue weighted by Crippen LogP contribution is -2.30. The highest BCUT2D eigenvalue weighted by Crippen LogP contribution is 2.28. The Labute approximate surface area is 239 Å². The van der Waals surface area contributed by atoms with Crippen molar-refractivity contribution in [3.63, 3.8) is 0 Å². The Morgan fingerprint density at radius 1 is 0.791 bits per heavy atom. The Hall–Kier alpha value is -5.96. The summed E-state index contributed by atoms with van der Waals surface area (Å²) < 4.78 is 55.5. The summed E-state index contributed by atoms with van der Waals surface area (Å²) in [6.45, 7) is 0. The van der Waals surface area contributed by atoms with E-state index >= 15 is 0 Å². The maximum atomic E-state index is 14.0. The molecule has 0 radical (unpaired) electrons. The second-order valence-corrected chi connectivity index (χ2v) is 8.87. The molecule has 0 unspecified atom stereocenters. The van der Waals surface area contributed by atoms with E-state index in [1.807, 2.05) is 12.1 Å². The van der Waals surface area contributed by atoms with Gasteiger partial charge in [0.25, 0.3) is 0 Å². The lowest BCUT2D eigenvalue weighted by Gasteiger charge is -2.05. The van der Waals surface area contributed by atoms with Gasteiger partial charge in [-0.2, -0.15) is 4.68 Å². The van der Waals surface area contributed by atoms with Crippen molar-refractivity contribution >= 4 is 33.6 Å². The van der Waals surface area contributed by atoms with E-state index in [0.717, 1.165) is 27.6 Å². The minimum atomic E-state index is -1.02. The van der Waals surface area contributed by atoms with Crippen LogP contribution in [0.2, 0.25) is 0 Å². The number of hydrazine groups is 1. The number of amidine groups is 1. The monoisotopic (exact) mass is 585 g/mol. The minimum Gasteiger partial charge on any atom is -0.345 e. The van der Waals surface area contributed by atoms with Crippen LogP contribution in [0.15, 0.2) is 90.4 Å². The van der Waals surface area contributed by atoms with Crippen molar-refractivity contribution in [2.75, 3.05) is 0 Å². The number of aromatic amines is 2. The van der Waals surface area contributed by atoms with Crippen molar-refractivity contribution in [1.82, 2.24) is 45.6 Å². The van der Waals surface area contributed by atoms with Gasteiger partial charge < -0.3 is 15.4 Å². The third-order valence-corrected chi connectivity index (χ3v) is 6.33. The van der Waals surface area contributed by atoms with Crippen molar-refractivity contribution in [2.24, 2.45) is 10.8 Å². The van der Waals surface area contributed by atoms with E-state index in [-0.39, 0.29) is 17.2 Å². The average molecular weight is 586 g/mol. The van der Waals surface area contributed by atoms with Gasteiger partial charge in [-0.3, -0.25) is 0 Å². The third kappa shape index (κ3) is 5.15. The molecule has 0 aliphatic heterocycles. The molecule has 0 saturated heterocycles. The standard InChI is InChI=1S/C14H8F2N6.C14H11F2N5/c15-10-4-1-5-11(12(10)16)22-14(19-20-21-22)9-7-18-13-8(9)3-2-6-17-13;15-10-4-1-5-11(12(10)16)20-14(21-17)9-7-19-13-8(9)3-2-6-18-13/h1-7H,(H,17,18);1-7H,17H2,(H,18,19)(H,20,21). The molecule has 5 N–H and O–H groups in total. The van der Waals surface area contributed by atoms with E-state index in [1.54, 1.807) is 36.9 Å². The topological polar surface area (TPSA) is 151 Å². The van der Waals surface area contributed by atoms with Crippen LogP contribution in [-0.2, 0) is 0 Å². The van der Waals surface area contributed by atoms with Gasteiger partial charge in [0.15, 0.2) is 29.1 Å². The maximum Gasteiger partial charge on any atom is 0.189 e. The van der Waals surface area contributed by atoms with Gasteiger partial charge in [-0.15, -0.1) is 5.10 Å². The molecule has 0 amide bonds. The quantitative estimate of drug-likeness (QED) is 0.0757. The second-order valence-electron chi connectivity index (χ2n) is 8.87. The van der Waals surface area contributed by atoms with E-state index in [4.69, 9.17) is 5.84 Å². The minimum absolute atomic E-state index is 0.0572. The molecule has 11 nitrogen and oxygen atoms in total. The van der Waals surface area contributed by atoms with Crippen molar-refractivity contribution in [3.8, 4) is 17.1 Å². The van der Waals surface area contributed by atoms with E-state index in [2.05, 4.69) is 45.9 Å². The summed E-state index contributed by atoms with van der Waals surface area (Å²) in [5.74, 6) is 2.01. The van der Waals surface area contributed by atoms with Crippen molar-refractivity contribution in [1.29, 1.82) is 0 Å². The summed E-state index contributed by atoms with van der Waals surface area (Å²) in [4.78, 5) is 18.3. The number of aromatic nitrogens is 8. The van der Waals surface area contributed by atoms with Gasteiger partial charge >= 0.3 is 0 Å². The first-order valence-electron chi connectivity index (χ1n) is 12.5. The smallest absolute Gasteiger partial charge is 0.189 e. The Bertz CT molecular complexity index is 2100. The molecule has 7 rings (SSSR count). The number of fused-ring (bicyclic) bond motifs is 2. The number of H-pyrrole nitrogens is 2. The summed E-state index contributed by atoms with van der Waals surface area (Å²) in [6.07, 6.45) is 6.62. The lowest BCUT2D eigenvalue weighted by molar-refractivity contribution is 0.501. The summed E-state index contributed by atoms with van der Waals surface area (Å²) in [6, 6.07) is 14.8. The maximum absolute atomic E-state index is 14.0. The Morgan fingerprint density at radius 2 is 1.47 bits per heavy atom. The molecule has 5 aromatic heterocycles. The molecule has 0 fully saturated rings. The molecule has 2 aromatic carbocycles. The van der Waals surface area contributed by atoms with E-state index in [9.17, 15) is 17.6 Å². The average Bonchev–Trinajstić information content (AvgIpc) is 3.78. The number of pyridine rings is 2. The summed E-state index contributed by atoms with van der Waals surface area (Å²) >= 11 is 0.